The smallest absolute Gasteiger partial charge is 0.261 e. The average Bonchev–Trinajstić information content (AvgIpc) is 3.02. The molecule has 1 aliphatic heterocycles. The van der Waals surface area contributed by atoms with Crippen LogP contribution in [0.5, 0.6) is 5.75 Å². The molecule has 1 amide bonds. The number of thioether (sulfide) groups is 1. The summed E-state index contributed by atoms with van der Waals surface area (Å²) in [7, 11) is -3.42. The van der Waals surface area contributed by atoms with Crippen molar-refractivity contribution in [1.82, 2.24) is 5.32 Å². The molecule has 1 aromatic carbocycles. The monoisotopic (exact) mass is 398 g/mol. The number of nitrogens with zero attached hydrogens (tertiary/aromatic N) is 1. The number of hydrogen-bond donors (Lipinski definition) is 1. The van der Waals surface area contributed by atoms with Crippen LogP contribution in [0.25, 0.3) is 0 Å². The number of fused-ring (bicyclic) bond motifs is 1. The summed E-state index contributed by atoms with van der Waals surface area (Å²) in [5.41, 5.74) is 0.488. The molecule has 1 aromatic rings. The highest BCUT2D eigenvalue weighted by Gasteiger charge is 2.30. The first-order chi connectivity index (χ1) is 12.4. The van der Waals surface area contributed by atoms with Crippen LogP contribution in [-0.4, -0.2) is 50.8 Å². The zero-order valence-corrected chi connectivity index (χ0v) is 16.7. The van der Waals surface area contributed by atoms with Gasteiger partial charge in [-0.2, -0.15) is 11.8 Å². The lowest BCUT2D eigenvalue weighted by atomic mass is 10.2. The van der Waals surface area contributed by atoms with Gasteiger partial charge in [-0.1, -0.05) is 25.0 Å². The lowest BCUT2D eigenvalue weighted by molar-refractivity contribution is -0.127. The van der Waals surface area contributed by atoms with Crippen molar-refractivity contribution in [3.05, 3.63) is 24.3 Å². The molecule has 144 valence electrons. The normalized spacial score (nSPS) is 21.0. The lowest BCUT2D eigenvalue weighted by Gasteiger charge is -2.20. The Bertz CT molecular complexity index is 732. The Morgan fingerprint density at radius 2 is 2.00 bits per heavy atom. The maximum atomic E-state index is 12.5. The van der Waals surface area contributed by atoms with Crippen molar-refractivity contribution in [2.24, 2.45) is 0 Å². The van der Waals surface area contributed by atoms with Crippen molar-refractivity contribution in [1.29, 1.82) is 0 Å². The van der Waals surface area contributed by atoms with Gasteiger partial charge < -0.3 is 10.1 Å². The van der Waals surface area contributed by atoms with Crippen LogP contribution in [0.2, 0.25) is 0 Å². The van der Waals surface area contributed by atoms with Crippen LogP contribution in [0.4, 0.5) is 5.69 Å². The number of amides is 1. The van der Waals surface area contributed by atoms with Crippen molar-refractivity contribution in [2.45, 2.75) is 43.5 Å². The number of anilines is 1. The highest BCUT2D eigenvalue weighted by molar-refractivity contribution is 7.99. The van der Waals surface area contributed by atoms with Crippen molar-refractivity contribution >= 4 is 33.4 Å². The van der Waals surface area contributed by atoms with E-state index in [1.807, 2.05) is 11.8 Å². The van der Waals surface area contributed by atoms with Gasteiger partial charge in [0.15, 0.2) is 6.10 Å². The van der Waals surface area contributed by atoms with Crippen LogP contribution in [0, 0.1) is 0 Å². The highest BCUT2D eigenvalue weighted by Crippen LogP contribution is 2.34. The van der Waals surface area contributed by atoms with Gasteiger partial charge in [0, 0.05) is 30.5 Å². The number of benzene rings is 1. The molecule has 26 heavy (non-hydrogen) atoms. The lowest BCUT2D eigenvalue weighted by Crippen LogP contribution is -2.40. The number of sulfonamides is 1. The molecule has 0 aromatic heterocycles. The minimum atomic E-state index is -3.42. The van der Waals surface area contributed by atoms with Crippen LogP contribution in [0.3, 0.4) is 0 Å². The zero-order chi connectivity index (χ0) is 18.6. The third kappa shape index (κ3) is 4.85. The average molecular weight is 399 g/mol. The molecular formula is C18H26N2O4S2. The van der Waals surface area contributed by atoms with E-state index in [-0.39, 0.29) is 12.5 Å². The number of carbonyl (C=O) groups excluding carboxylic acids is 1. The van der Waals surface area contributed by atoms with E-state index in [4.69, 9.17) is 4.74 Å². The number of carbonyl (C=O) groups is 1. The van der Waals surface area contributed by atoms with E-state index in [1.54, 1.807) is 24.3 Å². The van der Waals surface area contributed by atoms with Crippen molar-refractivity contribution in [3.8, 4) is 5.75 Å². The predicted octanol–water partition coefficient (Wildman–Crippen LogP) is 2.40. The molecule has 8 heteroatoms. The molecule has 1 atom stereocenters. The Labute approximate surface area is 159 Å². The number of ether oxygens (including phenoxy) is 1. The van der Waals surface area contributed by atoms with Gasteiger partial charge >= 0.3 is 0 Å². The van der Waals surface area contributed by atoms with Gasteiger partial charge in [0.1, 0.15) is 5.75 Å². The summed E-state index contributed by atoms with van der Waals surface area (Å²) >= 11 is 1.93. The Hall–Kier alpha value is -1.41. The molecule has 1 aliphatic carbocycles. The van der Waals surface area contributed by atoms with Crippen LogP contribution in [-0.2, 0) is 14.8 Å². The Morgan fingerprint density at radius 1 is 1.27 bits per heavy atom. The number of para-hydroxylation sites is 2. The zero-order valence-electron chi connectivity index (χ0n) is 15.0. The van der Waals surface area contributed by atoms with Crippen molar-refractivity contribution in [2.75, 3.05) is 29.4 Å². The third-order valence-electron chi connectivity index (χ3n) is 4.75. The summed E-state index contributed by atoms with van der Waals surface area (Å²) in [6.45, 7) is 0.835. The molecule has 3 rings (SSSR count). The molecule has 1 fully saturated rings. The summed E-state index contributed by atoms with van der Waals surface area (Å²) in [5, 5.41) is 3.67. The fourth-order valence-electron chi connectivity index (χ4n) is 3.43. The van der Waals surface area contributed by atoms with E-state index in [1.165, 1.54) is 36.2 Å². The second kappa shape index (κ2) is 8.52. The van der Waals surface area contributed by atoms with E-state index in [0.717, 1.165) is 11.0 Å². The molecule has 2 aliphatic rings. The molecule has 1 saturated carbocycles. The van der Waals surface area contributed by atoms with E-state index in [2.05, 4.69) is 5.32 Å². The molecule has 6 nitrogen and oxygen atoms in total. The van der Waals surface area contributed by atoms with Crippen LogP contribution in [0.1, 0.15) is 32.1 Å². The van der Waals surface area contributed by atoms with Gasteiger partial charge in [0.25, 0.3) is 5.91 Å². The summed E-state index contributed by atoms with van der Waals surface area (Å²) in [6, 6.07) is 6.95. The summed E-state index contributed by atoms with van der Waals surface area (Å²) in [4.78, 5) is 12.5. The van der Waals surface area contributed by atoms with Gasteiger partial charge in [-0.3, -0.25) is 9.10 Å². The Morgan fingerprint density at radius 3 is 2.73 bits per heavy atom. The molecule has 0 saturated heterocycles. The van der Waals surface area contributed by atoms with Gasteiger partial charge in [-0.25, -0.2) is 8.42 Å². The standard InChI is InChI=1S/C18H26N2O4S2/c1-26(22,23)20-12-10-17(24-16-9-5-4-8-15(16)20)18(21)19-11-13-25-14-6-2-3-7-14/h4-5,8-9,14,17H,2-3,6-7,10-13H2,1H3,(H,19,21)/t17-/m1/s1. The van der Waals surface area contributed by atoms with Crippen molar-refractivity contribution < 1.29 is 17.9 Å². The van der Waals surface area contributed by atoms with Gasteiger partial charge in [0.05, 0.1) is 11.9 Å². The molecule has 0 unspecified atom stereocenters. The summed E-state index contributed by atoms with van der Waals surface area (Å²) in [5.74, 6) is 1.15. The SMILES string of the molecule is CS(=O)(=O)N1CC[C@H](C(=O)NCCSC2CCCC2)Oc2ccccc21. The molecule has 0 radical (unpaired) electrons. The van der Waals surface area contributed by atoms with E-state index < -0.39 is 16.1 Å². The highest BCUT2D eigenvalue weighted by atomic mass is 32.2. The van der Waals surface area contributed by atoms with Gasteiger partial charge in [0.2, 0.25) is 10.0 Å². The first kappa shape index (κ1) is 19.4. The third-order valence-corrected chi connectivity index (χ3v) is 7.31. The molecule has 0 spiro atoms. The van der Waals surface area contributed by atoms with E-state index >= 15 is 0 Å². The molecule has 1 heterocycles. The first-order valence-corrected chi connectivity index (χ1v) is 12.0. The Balaban J connectivity index is 1.58. The fraction of sp³-hybridized carbons (Fsp3) is 0.611. The quantitative estimate of drug-likeness (QED) is 0.745. The molecule has 0 bridgehead atoms. The summed E-state index contributed by atoms with van der Waals surface area (Å²) in [6.07, 6.45) is 6.00. The molecular weight excluding hydrogens is 372 g/mol. The predicted molar refractivity (Wildman–Crippen MR) is 105 cm³/mol. The Kier molecular flexibility index (Phi) is 6.34. The second-order valence-corrected chi connectivity index (χ2v) is 10.1. The number of nitrogens with one attached hydrogen (secondary N) is 1. The molecule has 1 N–H and O–H groups in total. The maximum Gasteiger partial charge on any atom is 0.261 e. The van der Waals surface area contributed by atoms with Crippen LogP contribution < -0.4 is 14.4 Å². The second-order valence-electron chi connectivity index (χ2n) is 6.77. The van der Waals surface area contributed by atoms with Crippen molar-refractivity contribution in [3.63, 3.8) is 0 Å². The van der Waals surface area contributed by atoms with Crippen LogP contribution >= 0.6 is 11.8 Å². The van der Waals surface area contributed by atoms with Gasteiger partial charge in [-0.05, 0) is 25.0 Å². The maximum absolute atomic E-state index is 12.5. The first-order valence-electron chi connectivity index (χ1n) is 9.08. The topological polar surface area (TPSA) is 75.7 Å². The largest absolute Gasteiger partial charge is 0.478 e. The van der Waals surface area contributed by atoms with E-state index in [9.17, 15) is 13.2 Å². The number of hydrogen-bond acceptors (Lipinski definition) is 5. The minimum absolute atomic E-state index is 0.179. The summed E-state index contributed by atoms with van der Waals surface area (Å²) < 4.78 is 31.3. The number of rotatable bonds is 6. The fourth-order valence-corrected chi connectivity index (χ4v) is 5.59. The van der Waals surface area contributed by atoms with Crippen LogP contribution in [0.15, 0.2) is 24.3 Å². The van der Waals surface area contributed by atoms with Gasteiger partial charge in [-0.15, -0.1) is 0 Å². The minimum Gasteiger partial charge on any atom is -0.478 e. The van der Waals surface area contributed by atoms with E-state index in [0.29, 0.717) is 24.4 Å².